The Morgan fingerprint density at radius 2 is 1.93 bits per heavy atom. The Kier molecular flexibility index (Phi) is 5.57. The van der Waals surface area contributed by atoms with E-state index in [0.717, 1.165) is 53.3 Å². The number of nitrogens with zero attached hydrogens (tertiary/aromatic N) is 3. The Morgan fingerprint density at radius 3 is 2.60 bits per heavy atom. The van der Waals surface area contributed by atoms with Crippen molar-refractivity contribution in [2.75, 3.05) is 13.7 Å². The fourth-order valence-corrected chi connectivity index (χ4v) is 4.02. The molecule has 2 aromatic heterocycles. The van der Waals surface area contributed by atoms with Crippen LogP contribution in [0, 0.1) is 6.92 Å². The second-order valence-corrected chi connectivity index (χ2v) is 8.17. The lowest BCUT2D eigenvalue weighted by Gasteiger charge is -2.24. The normalized spacial score (nSPS) is 16.3. The second-order valence-electron chi connectivity index (χ2n) is 8.17. The molecule has 0 spiro atoms. The number of aromatic nitrogens is 3. The predicted octanol–water partition coefficient (Wildman–Crippen LogP) is 4.89. The average Bonchev–Trinajstić information content (AvgIpc) is 3.43. The number of hydrogen-bond donors (Lipinski definition) is 1. The Bertz CT molecular complexity index is 1040. The van der Waals surface area contributed by atoms with Gasteiger partial charge in [-0.15, -0.1) is 0 Å². The summed E-state index contributed by atoms with van der Waals surface area (Å²) in [6.45, 7) is 6.89. The lowest BCUT2D eigenvalue weighted by molar-refractivity contribution is 0.0727. The van der Waals surface area contributed by atoms with Crippen LogP contribution in [0.1, 0.15) is 66.2 Å². The van der Waals surface area contributed by atoms with E-state index in [9.17, 15) is 4.79 Å². The van der Waals surface area contributed by atoms with E-state index in [1.165, 1.54) is 0 Å². The molecule has 1 aromatic carbocycles. The van der Waals surface area contributed by atoms with Crippen molar-refractivity contribution in [3.8, 4) is 16.9 Å². The molecule has 0 aliphatic carbocycles. The van der Waals surface area contributed by atoms with Gasteiger partial charge < -0.3 is 9.64 Å². The third-order valence-corrected chi connectivity index (χ3v) is 5.69. The highest BCUT2D eigenvalue weighted by atomic mass is 16.5. The molecular weight excluding hydrogens is 376 g/mol. The monoisotopic (exact) mass is 404 g/mol. The van der Waals surface area contributed by atoms with E-state index in [2.05, 4.69) is 36.2 Å². The van der Waals surface area contributed by atoms with Gasteiger partial charge >= 0.3 is 0 Å². The van der Waals surface area contributed by atoms with Crippen LogP contribution in [0.25, 0.3) is 11.1 Å². The van der Waals surface area contributed by atoms with Crippen LogP contribution in [-0.2, 0) is 0 Å². The zero-order valence-electron chi connectivity index (χ0n) is 18.0. The maximum atomic E-state index is 13.2. The maximum Gasteiger partial charge on any atom is 0.274 e. The quantitative estimate of drug-likeness (QED) is 0.657. The number of carbonyl (C=O) groups is 1. The molecular formula is C24H28N4O2. The van der Waals surface area contributed by atoms with E-state index < -0.39 is 0 Å². The standard InChI is InChI=1S/C24H28N4O2/c1-15(2)20-14-22(27-26-20)24(29)28-11-5-6-23(28)21-13-18(12-16(3)25-21)17-7-9-19(30-4)10-8-17/h7-10,12-15,23H,5-6,11H2,1-4H3,(H,26,27). The highest BCUT2D eigenvalue weighted by Gasteiger charge is 2.33. The number of nitrogens with one attached hydrogen (secondary N) is 1. The summed E-state index contributed by atoms with van der Waals surface area (Å²) in [5.74, 6) is 1.10. The fraction of sp³-hybridized carbons (Fsp3) is 0.375. The van der Waals surface area contributed by atoms with Crippen molar-refractivity contribution in [1.82, 2.24) is 20.1 Å². The molecule has 1 amide bonds. The van der Waals surface area contributed by atoms with Crippen LogP contribution in [0.5, 0.6) is 5.75 Å². The molecule has 156 valence electrons. The summed E-state index contributed by atoms with van der Waals surface area (Å²) >= 11 is 0. The Labute approximate surface area is 177 Å². The van der Waals surface area contributed by atoms with Gasteiger partial charge in [-0.2, -0.15) is 5.10 Å². The van der Waals surface area contributed by atoms with E-state index in [0.29, 0.717) is 11.6 Å². The van der Waals surface area contributed by atoms with Gasteiger partial charge in [0.25, 0.3) is 5.91 Å². The molecule has 3 aromatic rings. The average molecular weight is 405 g/mol. The summed E-state index contributed by atoms with van der Waals surface area (Å²) in [5.41, 5.74) is 5.54. The number of amides is 1. The first kappa shape index (κ1) is 20.1. The first-order chi connectivity index (χ1) is 14.5. The zero-order chi connectivity index (χ0) is 21.3. The van der Waals surface area contributed by atoms with Crippen LogP contribution in [0.2, 0.25) is 0 Å². The van der Waals surface area contributed by atoms with Crippen molar-refractivity contribution in [3.05, 3.63) is 65.2 Å². The molecule has 1 N–H and O–H groups in total. The van der Waals surface area contributed by atoms with Gasteiger partial charge in [-0.05, 0) is 67.1 Å². The van der Waals surface area contributed by atoms with Gasteiger partial charge in [0, 0.05) is 17.9 Å². The second kappa shape index (κ2) is 8.30. The fourth-order valence-electron chi connectivity index (χ4n) is 4.02. The van der Waals surface area contributed by atoms with Crippen LogP contribution in [0.15, 0.2) is 42.5 Å². The zero-order valence-corrected chi connectivity index (χ0v) is 18.0. The number of methoxy groups -OCH3 is 1. The summed E-state index contributed by atoms with van der Waals surface area (Å²) < 4.78 is 5.27. The first-order valence-electron chi connectivity index (χ1n) is 10.5. The molecule has 1 atom stereocenters. The molecule has 3 heterocycles. The van der Waals surface area contributed by atoms with Crippen LogP contribution in [0.4, 0.5) is 0 Å². The van der Waals surface area contributed by atoms with Crippen molar-refractivity contribution in [1.29, 1.82) is 0 Å². The van der Waals surface area contributed by atoms with Gasteiger partial charge in [0.05, 0.1) is 18.8 Å². The third-order valence-electron chi connectivity index (χ3n) is 5.69. The third kappa shape index (κ3) is 3.95. The van der Waals surface area contributed by atoms with Crippen LogP contribution >= 0.6 is 0 Å². The number of hydrogen-bond acceptors (Lipinski definition) is 4. The smallest absolute Gasteiger partial charge is 0.274 e. The van der Waals surface area contributed by atoms with E-state index in [4.69, 9.17) is 9.72 Å². The number of H-pyrrole nitrogens is 1. The molecule has 1 aliphatic rings. The molecule has 4 rings (SSSR count). The minimum Gasteiger partial charge on any atom is -0.497 e. The predicted molar refractivity (Wildman–Crippen MR) is 117 cm³/mol. The lowest BCUT2D eigenvalue weighted by atomic mass is 10.0. The van der Waals surface area contributed by atoms with Gasteiger partial charge in [-0.1, -0.05) is 26.0 Å². The summed E-state index contributed by atoms with van der Waals surface area (Å²) in [7, 11) is 1.67. The molecule has 30 heavy (non-hydrogen) atoms. The molecule has 0 radical (unpaired) electrons. The summed E-state index contributed by atoms with van der Waals surface area (Å²) in [5, 5.41) is 7.25. The number of aromatic amines is 1. The number of pyridine rings is 1. The largest absolute Gasteiger partial charge is 0.497 e. The molecule has 0 bridgehead atoms. The van der Waals surface area contributed by atoms with Crippen LogP contribution in [0.3, 0.4) is 0 Å². The number of likely N-dealkylation sites (tertiary alicyclic amines) is 1. The highest BCUT2D eigenvalue weighted by Crippen LogP contribution is 2.34. The van der Waals surface area contributed by atoms with Gasteiger partial charge in [0.1, 0.15) is 11.4 Å². The topological polar surface area (TPSA) is 71.1 Å². The Balaban J connectivity index is 1.63. The Morgan fingerprint density at radius 1 is 1.17 bits per heavy atom. The van der Waals surface area contributed by atoms with Crippen molar-refractivity contribution >= 4 is 5.91 Å². The molecule has 6 heteroatoms. The van der Waals surface area contributed by atoms with Gasteiger partial charge in [0.2, 0.25) is 0 Å². The van der Waals surface area contributed by atoms with E-state index in [1.54, 1.807) is 7.11 Å². The van der Waals surface area contributed by atoms with E-state index in [-0.39, 0.29) is 11.9 Å². The molecule has 6 nitrogen and oxygen atoms in total. The minimum absolute atomic E-state index is 0.0325. The van der Waals surface area contributed by atoms with E-state index >= 15 is 0 Å². The van der Waals surface area contributed by atoms with Crippen molar-refractivity contribution < 1.29 is 9.53 Å². The number of carbonyl (C=O) groups excluding carboxylic acids is 1. The molecule has 1 saturated heterocycles. The number of rotatable bonds is 5. The minimum atomic E-state index is -0.0337. The molecule has 0 saturated carbocycles. The highest BCUT2D eigenvalue weighted by molar-refractivity contribution is 5.93. The Hall–Kier alpha value is -3.15. The van der Waals surface area contributed by atoms with Gasteiger partial charge in [-0.3, -0.25) is 14.9 Å². The van der Waals surface area contributed by atoms with Crippen molar-refractivity contribution in [2.45, 2.75) is 45.6 Å². The summed E-state index contributed by atoms with van der Waals surface area (Å²) in [6, 6.07) is 14.0. The molecule has 1 unspecified atom stereocenters. The maximum absolute atomic E-state index is 13.2. The SMILES string of the molecule is COc1ccc(-c2cc(C)nc(C3CCCN3C(=O)c3cc(C(C)C)[nH]n3)c2)cc1. The number of ether oxygens (including phenoxy) is 1. The summed E-state index contributed by atoms with van der Waals surface area (Å²) in [4.78, 5) is 19.9. The first-order valence-corrected chi connectivity index (χ1v) is 10.5. The van der Waals surface area contributed by atoms with E-state index in [1.807, 2.05) is 42.2 Å². The van der Waals surface area contributed by atoms with Gasteiger partial charge in [0.15, 0.2) is 0 Å². The van der Waals surface area contributed by atoms with Crippen molar-refractivity contribution in [3.63, 3.8) is 0 Å². The van der Waals surface area contributed by atoms with Crippen LogP contribution in [-0.4, -0.2) is 39.6 Å². The number of aryl methyl sites for hydroxylation is 1. The molecule has 1 aliphatic heterocycles. The van der Waals surface area contributed by atoms with Crippen LogP contribution < -0.4 is 4.74 Å². The summed E-state index contributed by atoms with van der Waals surface area (Å²) in [6.07, 6.45) is 1.87. The molecule has 1 fully saturated rings. The lowest BCUT2D eigenvalue weighted by Crippen LogP contribution is -2.31. The van der Waals surface area contributed by atoms with Gasteiger partial charge in [-0.25, -0.2) is 0 Å². The van der Waals surface area contributed by atoms with Crippen molar-refractivity contribution in [2.24, 2.45) is 0 Å². The number of benzene rings is 1.